The fraction of sp³-hybridized carbons (Fsp3) is 0.333. The van der Waals surface area contributed by atoms with Gasteiger partial charge in [-0.05, 0) is 42.8 Å². The molecule has 0 radical (unpaired) electrons. The molecule has 1 aliphatic rings. The minimum atomic E-state index is -0.459. The van der Waals surface area contributed by atoms with Crippen LogP contribution < -0.4 is 16.6 Å². The fourth-order valence-corrected chi connectivity index (χ4v) is 4.76. The van der Waals surface area contributed by atoms with Gasteiger partial charge in [-0.2, -0.15) is 0 Å². The molecule has 1 aliphatic heterocycles. The summed E-state index contributed by atoms with van der Waals surface area (Å²) in [5, 5.41) is 8.95. The first-order valence-corrected chi connectivity index (χ1v) is 11.0. The van der Waals surface area contributed by atoms with Crippen LogP contribution in [0.15, 0.2) is 45.3 Å². The number of nitrogens with one attached hydrogen (secondary N) is 1. The van der Waals surface area contributed by atoms with Crippen molar-refractivity contribution in [1.29, 1.82) is 0 Å². The Morgan fingerprint density at radius 2 is 2.13 bits per heavy atom. The van der Waals surface area contributed by atoms with Gasteiger partial charge in [0.25, 0.3) is 5.56 Å². The maximum Gasteiger partial charge on any atom is 0.352 e. The van der Waals surface area contributed by atoms with Crippen LogP contribution in [0.2, 0.25) is 0 Å². The summed E-state index contributed by atoms with van der Waals surface area (Å²) in [7, 11) is 0. The van der Waals surface area contributed by atoms with Gasteiger partial charge in [0.05, 0.1) is 18.2 Å². The Morgan fingerprint density at radius 3 is 2.90 bits per heavy atom. The summed E-state index contributed by atoms with van der Waals surface area (Å²) in [4.78, 5) is 38.8. The number of thiophene rings is 1. The minimum Gasteiger partial charge on any atom is -0.376 e. The minimum absolute atomic E-state index is 0.0940. The Morgan fingerprint density at radius 1 is 1.29 bits per heavy atom. The topological polar surface area (TPSA) is 99.6 Å². The number of rotatable bonds is 5. The second kappa shape index (κ2) is 7.78. The number of hydrogen-bond acceptors (Lipinski definition) is 6. The highest BCUT2D eigenvalue weighted by Crippen LogP contribution is 2.19. The van der Waals surface area contributed by atoms with E-state index >= 15 is 0 Å². The normalized spacial score (nSPS) is 16.4. The van der Waals surface area contributed by atoms with Gasteiger partial charge in [-0.3, -0.25) is 14.2 Å². The van der Waals surface area contributed by atoms with Crippen LogP contribution in [0, 0.1) is 6.92 Å². The molecule has 1 aromatic carbocycles. The van der Waals surface area contributed by atoms with Crippen LogP contribution in [-0.2, 0) is 22.6 Å². The Hall–Kier alpha value is -3.24. The Kier molecular flexibility index (Phi) is 4.95. The van der Waals surface area contributed by atoms with E-state index in [0.717, 1.165) is 23.1 Å². The van der Waals surface area contributed by atoms with Crippen LogP contribution >= 0.6 is 11.3 Å². The van der Waals surface area contributed by atoms with Gasteiger partial charge >= 0.3 is 5.69 Å². The molecule has 1 saturated heterocycles. The zero-order valence-electron chi connectivity index (χ0n) is 16.9. The summed E-state index contributed by atoms with van der Waals surface area (Å²) >= 11 is 1.29. The number of ether oxygens (including phenoxy) is 1. The Bertz CT molecular complexity index is 1410. The highest BCUT2D eigenvalue weighted by Gasteiger charge is 2.23. The van der Waals surface area contributed by atoms with Crippen molar-refractivity contribution in [1.82, 2.24) is 18.7 Å². The van der Waals surface area contributed by atoms with Gasteiger partial charge in [0.1, 0.15) is 11.2 Å². The number of nitrogens with zero attached hydrogens (tertiary/aromatic N) is 4. The van der Waals surface area contributed by atoms with Gasteiger partial charge in [0.2, 0.25) is 11.7 Å². The molecule has 4 heterocycles. The lowest BCUT2D eigenvalue weighted by Gasteiger charge is -2.12. The van der Waals surface area contributed by atoms with E-state index in [2.05, 4.69) is 10.4 Å². The Labute approximate surface area is 180 Å². The molecule has 3 aromatic heterocycles. The predicted molar refractivity (Wildman–Crippen MR) is 118 cm³/mol. The van der Waals surface area contributed by atoms with Crippen LogP contribution in [-0.4, -0.2) is 37.4 Å². The third-order valence-corrected chi connectivity index (χ3v) is 6.40. The van der Waals surface area contributed by atoms with Crippen LogP contribution in [0.3, 0.4) is 0 Å². The van der Waals surface area contributed by atoms with E-state index in [9.17, 15) is 14.4 Å². The maximum atomic E-state index is 13.1. The van der Waals surface area contributed by atoms with E-state index < -0.39 is 5.69 Å². The number of carbonyl (C=O) groups is 1. The molecule has 0 aliphatic carbocycles. The number of para-hydroxylation sites is 1. The summed E-state index contributed by atoms with van der Waals surface area (Å²) < 4.78 is 10.2. The largest absolute Gasteiger partial charge is 0.376 e. The maximum absolute atomic E-state index is 13.1. The second-order valence-corrected chi connectivity index (χ2v) is 8.54. The van der Waals surface area contributed by atoms with E-state index in [1.165, 1.54) is 20.3 Å². The molecule has 10 heteroatoms. The first-order valence-electron chi connectivity index (χ1n) is 10.1. The van der Waals surface area contributed by atoms with Crippen molar-refractivity contribution in [3.8, 4) is 0 Å². The van der Waals surface area contributed by atoms with Crippen LogP contribution in [0.5, 0.6) is 0 Å². The van der Waals surface area contributed by atoms with Crippen molar-refractivity contribution in [2.45, 2.75) is 39.0 Å². The molecule has 0 unspecified atom stereocenters. The smallest absolute Gasteiger partial charge is 0.352 e. The monoisotopic (exact) mass is 439 g/mol. The van der Waals surface area contributed by atoms with Crippen molar-refractivity contribution in [2.75, 3.05) is 11.9 Å². The van der Waals surface area contributed by atoms with E-state index in [1.807, 2.05) is 25.1 Å². The number of aryl methyl sites for hydroxylation is 1. The molecule has 0 saturated carbocycles. The lowest BCUT2D eigenvalue weighted by atomic mass is 10.2. The van der Waals surface area contributed by atoms with E-state index in [1.54, 1.807) is 17.5 Å². The number of fused-ring (bicyclic) bond motifs is 3. The van der Waals surface area contributed by atoms with E-state index in [-0.39, 0.29) is 29.9 Å². The van der Waals surface area contributed by atoms with Gasteiger partial charge in [0.15, 0.2) is 0 Å². The van der Waals surface area contributed by atoms with Gasteiger partial charge < -0.3 is 10.1 Å². The Balaban J connectivity index is 1.56. The summed E-state index contributed by atoms with van der Waals surface area (Å²) in [6.07, 6.45) is 1.70. The number of carbonyl (C=O) groups excluding carboxylic acids is 1. The molecule has 1 N–H and O–H groups in total. The SMILES string of the molecule is Cc1ccccc1NC(=O)Cn1nc2n(C[C@@H]3CCCO3)c(=O)c3sccc3n2c1=O. The fourth-order valence-electron chi connectivity index (χ4n) is 3.93. The average molecular weight is 439 g/mol. The molecule has 1 atom stereocenters. The van der Waals surface area contributed by atoms with Gasteiger partial charge in [0, 0.05) is 12.3 Å². The van der Waals surface area contributed by atoms with Crippen molar-refractivity contribution >= 4 is 38.9 Å². The number of hydrogen-bond donors (Lipinski definition) is 1. The van der Waals surface area contributed by atoms with Crippen LogP contribution in [0.1, 0.15) is 18.4 Å². The molecule has 5 rings (SSSR count). The molecule has 160 valence electrons. The first kappa shape index (κ1) is 19.7. The summed E-state index contributed by atoms with van der Waals surface area (Å²) in [5.41, 5.74) is 1.45. The number of amides is 1. The van der Waals surface area contributed by atoms with Crippen LogP contribution in [0.25, 0.3) is 16.0 Å². The molecule has 1 amide bonds. The second-order valence-electron chi connectivity index (χ2n) is 7.62. The van der Waals surface area contributed by atoms with E-state index in [0.29, 0.717) is 29.1 Å². The highest BCUT2D eigenvalue weighted by atomic mass is 32.1. The van der Waals surface area contributed by atoms with Gasteiger partial charge in [-0.15, -0.1) is 16.4 Å². The average Bonchev–Trinajstić information content (AvgIpc) is 3.48. The standard InChI is InChI=1S/C21H21N5O4S/c1-13-5-2-3-7-15(13)22-17(27)12-25-21(29)26-16-8-10-31-18(16)19(28)24(20(26)23-25)11-14-6-4-9-30-14/h2-3,5,7-8,10,14H,4,6,9,11-12H2,1H3,(H,22,27)/t14-/m0/s1. The van der Waals surface area contributed by atoms with Gasteiger partial charge in [-0.1, -0.05) is 18.2 Å². The third kappa shape index (κ3) is 3.47. The molecule has 0 bridgehead atoms. The van der Waals surface area contributed by atoms with E-state index in [4.69, 9.17) is 4.74 Å². The quantitative estimate of drug-likeness (QED) is 0.513. The lowest BCUT2D eigenvalue weighted by molar-refractivity contribution is -0.117. The number of benzene rings is 1. The molecule has 9 nitrogen and oxygen atoms in total. The summed E-state index contributed by atoms with van der Waals surface area (Å²) in [6, 6.07) is 9.14. The van der Waals surface area contributed by atoms with Crippen molar-refractivity contribution in [3.63, 3.8) is 0 Å². The van der Waals surface area contributed by atoms with Crippen LogP contribution in [0.4, 0.5) is 5.69 Å². The molecular formula is C21H21N5O4S. The first-order chi connectivity index (χ1) is 15.0. The number of anilines is 1. The zero-order valence-corrected chi connectivity index (χ0v) is 17.7. The zero-order chi connectivity index (χ0) is 21.5. The third-order valence-electron chi connectivity index (χ3n) is 5.51. The summed E-state index contributed by atoms with van der Waals surface area (Å²) in [5.74, 6) is -0.144. The predicted octanol–water partition coefficient (Wildman–Crippen LogP) is 2.00. The van der Waals surface area contributed by atoms with Crippen molar-refractivity contribution in [2.24, 2.45) is 0 Å². The lowest BCUT2D eigenvalue weighted by Crippen LogP contribution is -2.30. The molecule has 1 fully saturated rings. The molecule has 4 aromatic rings. The van der Waals surface area contributed by atoms with Gasteiger partial charge in [-0.25, -0.2) is 13.9 Å². The summed E-state index contributed by atoms with van der Waals surface area (Å²) in [6.45, 7) is 2.62. The number of aromatic nitrogens is 4. The highest BCUT2D eigenvalue weighted by molar-refractivity contribution is 7.17. The molecule has 0 spiro atoms. The van der Waals surface area contributed by atoms with Crippen molar-refractivity contribution in [3.05, 3.63) is 62.1 Å². The van der Waals surface area contributed by atoms with Crippen molar-refractivity contribution < 1.29 is 9.53 Å². The molecular weight excluding hydrogens is 418 g/mol. The molecule has 31 heavy (non-hydrogen) atoms.